The van der Waals surface area contributed by atoms with Crippen LogP contribution in [0.5, 0.6) is 0 Å². The molecule has 0 fully saturated rings. The molecule has 3 atom stereocenters. The van der Waals surface area contributed by atoms with Gasteiger partial charge in [0.05, 0.1) is 13.2 Å². The van der Waals surface area contributed by atoms with E-state index in [-0.39, 0.29) is 18.6 Å². The largest absolute Gasteiger partial charge is 0.481 e. The Morgan fingerprint density at radius 2 is 1.81 bits per heavy atom. The second-order valence-corrected chi connectivity index (χ2v) is 6.22. The first-order valence-electron chi connectivity index (χ1n) is 7.55. The van der Waals surface area contributed by atoms with Gasteiger partial charge < -0.3 is 31.3 Å². The van der Waals surface area contributed by atoms with Gasteiger partial charge >= 0.3 is 11.9 Å². The molecule has 148 valence electrons. The molecule has 26 heavy (non-hydrogen) atoms. The van der Waals surface area contributed by atoms with Gasteiger partial charge in [-0.15, -0.1) is 0 Å². The number of carbonyl (C=O) groups is 5. The van der Waals surface area contributed by atoms with Gasteiger partial charge in [-0.25, -0.2) is 0 Å². The number of amides is 2. The van der Waals surface area contributed by atoms with Gasteiger partial charge in [-0.1, -0.05) is 11.8 Å². The zero-order valence-corrected chi connectivity index (χ0v) is 15.2. The van der Waals surface area contributed by atoms with Crippen LogP contribution in [0.4, 0.5) is 0 Å². The summed E-state index contributed by atoms with van der Waals surface area (Å²) in [7, 11) is 1.13. The summed E-state index contributed by atoms with van der Waals surface area (Å²) in [6.07, 6.45) is -1.73. The van der Waals surface area contributed by atoms with Gasteiger partial charge in [0.2, 0.25) is 16.9 Å². The van der Waals surface area contributed by atoms with E-state index in [9.17, 15) is 29.1 Å². The van der Waals surface area contributed by atoms with Gasteiger partial charge in [0, 0.05) is 12.2 Å². The van der Waals surface area contributed by atoms with Crippen molar-refractivity contribution in [2.75, 3.05) is 19.4 Å². The third kappa shape index (κ3) is 9.96. The van der Waals surface area contributed by atoms with E-state index in [0.717, 1.165) is 7.11 Å². The van der Waals surface area contributed by atoms with E-state index in [1.165, 1.54) is 6.92 Å². The van der Waals surface area contributed by atoms with Crippen LogP contribution in [0.25, 0.3) is 0 Å². The molecule has 0 aliphatic heterocycles. The SMILES string of the molecule is COC(=O)CNC(=O)C(CSC(=O)C(C)O)NC(=O)C(N)CCC(=O)O. The molecule has 0 radical (unpaired) electrons. The van der Waals surface area contributed by atoms with Crippen molar-refractivity contribution in [1.29, 1.82) is 0 Å². The first-order valence-corrected chi connectivity index (χ1v) is 8.54. The van der Waals surface area contributed by atoms with Crippen LogP contribution in [0, 0.1) is 0 Å². The zero-order chi connectivity index (χ0) is 20.3. The van der Waals surface area contributed by atoms with E-state index in [1.54, 1.807) is 0 Å². The molecular weight excluding hydrogens is 370 g/mol. The highest BCUT2D eigenvalue weighted by Crippen LogP contribution is 2.08. The molecule has 0 saturated carbocycles. The van der Waals surface area contributed by atoms with Crippen molar-refractivity contribution >= 4 is 40.6 Å². The minimum Gasteiger partial charge on any atom is -0.481 e. The topological polar surface area (TPSA) is 185 Å². The molecule has 0 heterocycles. The van der Waals surface area contributed by atoms with Crippen LogP contribution in [-0.4, -0.2) is 76.7 Å². The Labute approximate surface area is 154 Å². The predicted octanol–water partition coefficient (Wildman–Crippen LogP) is -2.41. The normalized spacial score (nSPS) is 13.8. The number of nitrogens with two attached hydrogens (primary N) is 1. The van der Waals surface area contributed by atoms with E-state index in [2.05, 4.69) is 15.4 Å². The number of carbonyl (C=O) groups excluding carboxylic acids is 4. The van der Waals surface area contributed by atoms with Crippen LogP contribution in [-0.2, 0) is 28.7 Å². The third-order valence-electron chi connectivity index (χ3n) is 3.01. The Morgan fingerprint density at radius 3 is 2.31 bits per heavy atom. The minimum atomic E-state index is -1.26. The van der Waals surface area contributed by atoms with Crippen LogP contribution < -0.4 is 16.4 Å². The van der Waals surface area contributed by atoms with Crippen molar-refractivity contribution in [1.82, 2.24) is 10.6 Å². The lowest BCUT2D eigenvalue weighted by molar-refractivity contribution is -0.141. The lowest BCUT2D eigenvalue weighted by Crippen LogP contribution is -2.53. The van der Waals surface area contributed by atoms with Crippen LogP contribution in [0.15, 0.2) is 0 Å². The highest BCUT2D eigenvalue weighted by molar-refractivity contribution is 8.13. The zero-order valence-electron chi connectivity index (χ0n) is 14.4. The predicted molar refractivity (Wildman–Crippen MR) is 90.9 cm³/mol. The Hall–Kier alpha value is -2.18. The molecule has 0 spiro atoms. The number of hydrogen-bond donors (Lipinski definition) is 5. The van der Waals surface area contributed by atoms with Crippen LogP contribution >= 0.6 is 11.8 Å². The van der Waals surface area contributed by atoms with Gasteiger partial charge in [-0.2, -0.15) is 0 Å². The second-order valence-electron chi connectivity index (χ2n) is 5.20. The quantitative estimate of drug-likeness (QED) is 0.237. The first kappa shape index (κ1) is 23.8. The van der Waals surface area contributed by atoms with Gasteiger partial charge in [0.25, 0.3) is 0 Å². The third-order valence-corrected chi connectivity index (χ3v) is 4.13. The highest BCUT2D eigenvalue weighted by atomic mass is 32.2. The Bertz CT molecular complexity index is 540. The molecule has 2 amide bonds. The number of thioether (sulfide) groups is 1. The second kappa shape index (κ2) is 12.2. The number of hydrogen-bond acceptors (Lipinski definition) is 9. The summed E-state index contributed by atoms with van der Waals surface area (Å²) < 4.78 is 4.37. The maximum absolute atomic E-state index is 12.1. The molecule has 0 saturated heterocycles. The molecule has 3 unspecified atom stereocenters. The molecule has 0 aromatic heterocycles. The number of nitrogens with one attached hydrogen (secondary N) is 2. The van der Waals surface area contributed by atoms with E-state index < -0.39 is 53.6 Å². The van der Waals surface area contributed by atoms with Gasteiger partial charge in [0.15, 0.2) is 0 Å². The molecule has 0 rings (SSSR count). The smallest absolute Gasteiger partial charge is 0.325 e. The number of carboxylic acids is 1. The molecule has 11 nitrogen and oxygen atoms in total. The molecule has 0 aromatic rings. The van der Waals surface area contributed by atoms with Crippen molar-refractivity contribution in [3.63, 3.8) is 0 Å². The van der Waals surface area contributed by atoms with Gasteiger partial charge in [-0.05, 0) is 13.3 Å². The molecule has 12 heteroatoms. The van der Waals surface area contributed by atoms with Gasteiger partial charge in [0.1, 0.15) is 18.7 Å². The number of aliphatic hydroxyl groups is 1. The number of aliphatic carboxylic acids is 1. The van der Waals surface area contributed by atoms with E-state index >= 15 is 0 Å². The van der Waals surface area contributed by atoms with Crippen LogP contribution in [0.3, 0.4) is 0 Å². The number of carboxylic acid groups (broad SMARTS) is 1. The average molecular weight is 393 g/mol. The van der Waals surface area contributed by atoms with Crippen LogP contribution in [0.2, 0.25) is 0 Å². The Kier molecular flexibility index (Phi) is 11.2. The van der Waals surface area contributed by atoms with Crippen molar-refractivity contribution in [2.45, 2.75) is 38.0 Å². The standard InChI is InChI=1S/C14H23N3O8S/c1-7(18)14(24)26-6-9(13(23)16-5-11(21)25-2)17-12(22)8(15)3-4-10(19)20/h7-9,18H,3-6,15H2,1-2H3,(H,16,23)(H,17,22)(H,19,20). The molecule has 0 aliphatic carbocycles. The number of ether oxygens (including phenoxy) is 1. The minimum absolute atomic E-state index is 0.141. The Morgan fingerprint density at radius 1 is 1.19 bits per heavy atom. The average Bonchev–Trinajstić information content (AvgIpc) is 2.59. The molecule has 6 N–H and O–H groups in total. The summed E-state index contributed by atoms with van der Waals surface area (Å²) in [6, 6.07) is -2.39. The molecule has 0 bridgehead atoms. The highest BCUT2D eigenvalue weighted by Gasteiger charge is 2.26. The summed E-state index contributed by atoms with van der Waals surface area (Å²) in [5.74, 6) is -3.60. The maximum atomic E-state index is 12.1. The van der Waals surface area contributed by atoms with E-state index in [0.29, 0.717) is 11.8 Å². The van der Waals surface area contributed by atoms with E-state index in [4.69, 9.17) is 10.8 Å². The lowest BCUT2D eigenvalue weighted by atomic mass is 10.1. The maximum Gasteiger partial charge on any atom is 0.325 e. The first-order chi connectivity index (χ1) is 12.1. The number of methoxy groups -OCH3 is 1. The van der Waals surface area contributed by atoms with Crippen molar-refractivity contribution in [3.05, 3.63) is 0 Å². The molecule has 0 aliphatic rings. The fourth-order valence-electron chi connectivity index (χ4n) is 1.51. The molecular formula is C14H23N3O8S. The summed E-state index contributed by atoms with van der Waals surface area (Å²) in [5.41, 5.74) is 5.57. The summed E-state index contributed by atoms with van der Waals surface area (Å²) >= 11 is 0.617. The monoisotopic (exact) mass is 393 g/mol. The summed E-state index contributed by atoms with van der Waals surface area (Å²) in [4.78, 5) is 57.2. The lowest BCUT2D eigenvalue weighted by Gasteiger charge is -2.20. The van der Waals surface area contributed by atoms with E-state index in [1.807, 2.05) is 0 Å². The summed E-state index contributed by atoms with van der Waals surface area (Å²) in [6.45, 7) is 0.809. The fraction of sp³-hybridized carbons (Fsp3) is 0.643. The number of aliphatic hydroxyl groups excluding tert-OH is 1. The van der Waals surface area contributed by atoms with Crippen molar-refractivity contribution in [3.8, 4) is 0 Å². The van der Waals surface area contributed by atoms with Crippen LogP contribution in [0.1, 0.15) is 19.8 Å². The van der Waals surface area contributed by atoms with Crippen molar-refractivity contribution in [2.24, 2.45) is 5.73 Å². The van der Waals surface area contributed by atoms with Gasteiger partial charge in [-0.3, -0.25) is 24.0 Å². The molecule has 0 aromatic carbocycles. The number of rotatable bonds is 11. The Balaban J connectivity index is 4.86. The number of esters is 1. The van der Waals surface area contributed by atoms with Crippen molar-refractivity contribution < 1.29 is 38.9 Å². The fourth-order valence-corrected chi connectivity index (χ4v) is 2.32. The summed E-state index contributed by atoms with van der Waals surface area (Å²) in [5, 5.41) is 21.7.